The number of aromatic nitrogens is 2. The minimum Gasteiger partial charge on any atom is -0.340 e. The van der Waals surface area contributed by atoms with Gasteiger partial charge in [0.1, 0.15) is 0 Å². The topological polar surface area (TPSA) is 58.4 Å². The zero-order valence-corrected chi connectivity index (χ0v) is 16.0. The van der Waals surface area contributed by atoms with E-state index in [0.29, 0.717) is 32.5 Å². The molecule has 0 saturated carbocycles. The fraction of sp³-hybridized carbons (Fsp3) is 0.476. The molecule has 1 aromatic carbocycles. The van der Waals surface area contributed by atoms with E-state index >= 15 is 0 Å². The second kappa shape index (κ2) is 9.35. The van der Waals surface area contributed by atoms with Crippen LogP contribution in [0.2, 0.25) is 0 Å². The number of aryl methyl sites for hydroxylation is 1. The van der Waals surface area contributed by atoms with Gasteiger partial charge in [0.05, 0.1) is 0 Å². The molecule has 2 amide bonds. The Kier molecular flexibility index (Phi) is 6.63. The van der Waals surface area contributed by atoms with Crippen LogP contribution in [0.5, 0.6) is 0 Å². The van der Waals surface area contributed by atoms with Gasteiger partial charge in [-0.2, -0.15) is 5.10 Å². The van der Waals surface area contributed by atoms with Crippen LogP contribution in [0.4, 0.5) is 0 Å². The van der Waals surface area contributed by atoms with Crippen LogP contribution in [0.25, 0.3) is 0 Å². The smallest absolute Gasteiger partial charge is 0.224 e. The molecule has 0 N–H and O–H groups in total. The molecule has 1 atom stereocenters. The van der Waals surface area contributed by atoms with E-state index in [1.54, 1.807) is 6.20 Å². The molecule has 0 aliphatic carbocycles. The summed E-state index contributed by atoms with van der Waals surface area (Å²) in [7, 11) is 0. The summed E-state index contributed by atoms with van der Waals surface area (Å²) < 4.78 is 1.84. The normalized spacial score (nSPS) is 17.8. The lowest BCUT2D eigenvalue weighted by Crippen LogP contribution is -2.43. The largest absolute Gasteiger partial charge is 0.340 e. The molecule has 1 aliphatic heterocycles. The minimum atomic E-state index is 0.0651. The highest BCUT2D eigenvalue weighted by molar-refractivity contribution is 5.80. The third-order valence-corrected chi connectivity index (χ3v) is 5.14. The number of rotatable bonds is 7. The summed E-state index contributed by atoms with van der Waals surface area (Å²) in [6, 6.07) is 12.0. The highest BCUT2D eigenvalue weighted by Gasteiger charge is 2.30. The molecule has 1 aromatic heterocycles. The van der Waals surface area contributed by atoms with Crippen LogP contribution in [0.15, 0.2) is 48.8 Å². The van der Waals surface area contributed by atoms with Gasteiger partial charge in [-0.15, -0.1) is 0 Å². The number of amides is 2. The van der Waals surface area contributed by atoms with Crippen molar-refractivity contribution in [3.8, 4) is 0 Å². The molecule has 0 radical (unpaired) electrons. The summed E-state index contributed by atoms with van der Waals surface area (Å²) in [5.74, 6) is 0.271. The summed E-state index contributed by atoms with van der Waals surface area (Å²) in [5.41, 5.74) is 1.13. The van der Waals surface area contributed by atoms with Crippen LogP contribution in [-0.2, 0) is 22.7 Å². The van der Waals surface area contributed by atoms with Crippen LogP contribution in [0.3, 0.4) is 0 Å². The van der Waals surface area contributed by atoms with Crippen molar-refractivity contribution in [1.29, 1.82) is 0 Å². The molecule has 3 rings (SSSR count). The Morgan fingerprint density at radius 2 is 2.04 bits per heavy atom. The molecule has 6 heteroatoms. The molecule has 1 unspecified atom stereocenters. The summed E-state index contributed by atoms with van der Waals surface area (Å²) in [5, 5.41) is 4.17. The fourth-order valence-corrected chi connectivity index (χ4v) is 3.58. The van der Waals surface area contributed by atoms with E-state index in [1.165, 1.54) is 0 Å². The van der Waals surface area contributed by atoms with E-state index in [0.717, 1.165) is 24.9 Å². The van der Waals surface area contributed by atoms with Crippen molar-refractivity contribution in [2.24, 2.45) is 0 Å². The Morgan fingerprint density at radius 3 is 2.74 bits per heavy atom. The average Bonchev–Trinajstić information content (AvgIpc) is 3.15. The Labute approximate surface area is 160 Å². The third kappa shape index (κ3) is 5.18. The molecule has 0 spiro atoms. The highest BCUT2D eigenvalue weighted by Crippen LogP contribution is 2.18. The molecule has 6 nitrogen and oxygen atoms in total. The second-order valence-electron chi connectivity index (χ2n) is 7.03. The van der Waals surface area contributed by atoms with E-state index in [9.17, 15) is 9.59 Å². The highest BCUT2D eigenvalue weighted by atomic mass is 16.2. The molecule has 2 aromatic rings. The van der Waals surface area contributed by atoms with Crippen molar-refractivity contribution < 1.29 is 9.59 Å². The average molecular weight is 368 g/mol. The minimum absolute atomic E-state index is 0.0651. The Morgan fingerprint density at radius 1 is 1.22 bits per heavy atom. The number of benzene rings is 1. The summed E-state index contributed by atoms with van der Waals surface area (Å²) >= 11 is 0. The molecule has 1 fully saturated rings. The fourth-order valence-electron chi connectivity index (χ4n) is 3.58. The Balaban J connectivity index is 1.58. The van der Waals surface area contributed by atoms with Gasteiger partial charge in [0, 0.05) is 57.5 Å². The van der Waals surface area contributed by atoms with Gasteiger partial charge in [-0.05, 0) is 24.5 Å². The van der Waals surface area contributed by atoms with Gasteiger partial charge in [0.25, 0.3) is 0 Å². The molecule has 1 saturated heterocycles. The molecular weight excluding hydrogens is 340 g/mol. The maximum atomic E-state index is 12.7. The second-order valence-corrected chi connectivity index (χ2v) is 7.03. The Bertz CT molecular complexity index is 730. The van der Waals surface area contributed by atoms with Crippen molar-refractivity contribution in [3.63, 3.8) is 0 Å². The molecule has 0 bridgehead atoms. The van der Waals surface area contributed by atoms with E-state index in [-0.39, 0.29) is 17.9 Å². The van der Waals surface area contributed by atoms with Crippen LogP contribution in [0, 0.1) is 0 Å². The SMILES string of the molecule is CCC1CN(C(=O)CCCn2cccn2)CCC(=O)N1Cc1ccccc1. The zero-order valence-electron chi connectivity index (χ0n) is 16.0. The van der Waals surface area contributed by atoms with Gasteiger partial charge in [0.2, 0.25) is 11.8 Å². The lowest BCUT2D eigenvalue weighted by molar-refractivity contribution is -0.133. The predicted molar refractivity (Wildman–Crippen MR) is 104 cm³/mol. The first kappa shape index (κ1) is 19.1. The summed E-state index contributed by atoms with van der Waals surface area (Å²) in [6.45, 7) is 4.57. The molecule has 1 aliphatic rings. The van der Waals surface area contributed by atoms with Gasteiger partial charge in [-0.3, -0.25) is 14.3 Å². The van der Waals surface area contributed by atoms with Crippen LogP contribution >= 0.6 is 0 Å². The first-order valence-corrected chi connectivity index (χ1v) is 9.76. The van der Waals surface area contributed by atoms with Crippen molar-refractivity contribution in [2.45, 2.75) is 51.7 Å². The van der Waals surface area contributed by atoms with Crippen molar-refractivity contribution >= 4 is 11.8 Å². The third-order valence-electron chi connectivity index (χ3n) is 5.14. The van der Waals surface area contributed by atoms with Gasteiger partial charge in [0.15, 0.2) is 0 Å². The standard InChI is InChI=1S/C21H28N4O2/c1-2-19-17-23(20(26)10-6-13-24-14-7-12-22-24)15-11-21(27)25(19)16-18-8-4-3-5-9-18/h3-5,7-9,12,14,19H,2,6,10-11,13,15-17H2,1H3. The number of carbonyl (C=O) groups is 2. The molecule has 2 heterocycles. The lowest BCUT2D eigenvalue weighted by Gasteiger charge is -2.31. The first-order chi connectivity index (χ1) is 13.2. The molecule has 144 valence electrons. The van der Waals surface area contributed by atoms with E-state index < -0.39 is 0 Å². The Hall–Kier alpha value is -2.63. The number of hydrogen-bond donors (Lipinski definition) is 0. The van der Waals surface area contributed by atoms with E-state index in [4.69, 9.17) is 0 Å². The lowest BCUT2D eigenvalue weighted by atomic mass is 10.1. The van der Waals surface area contributed by atoms with Crippen LogP contribution in [-0.4, -0.2) is 50.5 Å². The first-order valence-electron chi connectivity index (χ1n) is 9.76. The predicted octanol–water partition coefficient (Wildman–Crippen LogP) is 2.70. The number of hydrogen-bond acceptors (Lipinski definition) is 3. The van der Waals surface area contributed by atoms with Gasteiger partial charge in [-0.1, -0.05) is 37.3 Å². The van der Waals surface area contributed by atoms with Gasteiger partial charge >= 0.3 is 0 Å². The number of nitrogens with zero attached hydrogens (tertiary/aromatic N) is 4. The monoisotopic (exact) mass is 368 g/mol. The molecule has 27 heavy (non-hydrogen) atoms. The van der Waals surface area contributed by atoms with Crippen LogP contribution < -0.4 is 0 Å². The van der Waals surface area contributed by atoms with Crippen molar-refractivity contribution in [3.05, 3.63) is 54.4 Å². The van der Waals surface area contributed by atoms with Gasteiger partial charge in [-0.25, -0.2) is 0 Å². The summed E-state index contributed by atoms with van der Waals surface area (Å²) in [6.07, 6.45) is 6.14. The van der Waals surface area contributed by atoms with E-state index in [1.807, 2.05) is 57.1 Å². The van der Waals surface area contributed by atoms with Crippen LogP contribution in [0.1, 0.15) is 38.2 Å². The maximum absolute atomic E-state index is 12.7. The van der Waals surface area contributed by atoms with Crippen molar-refractivity contribution in [1.82, 2.24) is 19.6 Å². The van der Waals surface area contributed by atoms with Crippen molar-refractivity contribution in [2.75, 3.05) is 13.1 Å². The quantitative estimate of drug-likeness (QED) is 0.755. The zero-order chi connectivity index (χ0) is 19.1. The number of carbonyl (C=O) groups excluding carboxylic acids is 2. The summed E-state index contributed by atoms with van der Waals surface area (Å²) in [4.78, 5) is 29.2. The van der Waals surface area contributed by atoms with E-state index in [2.05, 4.69) is 12.0 Å². The molecular formula is C21H28N4O2. The van der Waals surface area contributed by atoms with Gasteiger partial charge < -0.3 is 9.80 Å². The maximum Gasteiger partial charge on any atom is 0.224 e.